The van der Waals surface area contributed by atoms with E-state index in [1.54, 1.807) is 6.07 Å². The van der Waals surface area contributed by atoms with E-state index in [2.05, 4.69) is 10.0 Å². The van der Waals surface area contributed by atoms with E-state index in [9.17, 15) is 8.42 Å². The van der Waals surface area contributed by atoms with Crippen LogP contribution >= 0.6 is 11.3 Å². The van der Waals surface area contributed by atoms with Crippen LogP contribution in [0.4, 0.5) is 0 Å². The summed E-state index contributed by atoms with van der Waals surface area (Å²) in [5.74, 6) is 0.273. The van der Waals surface area contributed by atoms with Crippen LogP contribution in [0, 0.1) is 12.8 Å². The van der Waals surface area contributed by atoms with Gasteiger partial charge in [-0.25, -0.2) is 13.1 Å². The van der Waals surface area contributed by atoms with Gasteiger partial charge in [0.05, 0.1) is 4.90 Å². The topological polar surface area (TPSA) is 58.2 Å². The maximum absolute atomic E-state index is 12.3. The van der Waals surface area contributed by atoms with E-state index in [1.807, 2.05) is 34.6 Å². The number of aryl methyl sites for hydroxylation is 1. The Morgan fingerprint density at radius 1 is 1.32 bits per heavy atom. The molecule has 1 aromatic heterocycles. The third-order valence-electron chi connectivity index (χ3n) is 3.10. The van der Waals surface area contributed by atoms with Gasteiger partial charge in [0.1, 0.15) is 0 Å². The Kier molecular flexibility index (Phi) is 5.98. The molecule has 0 fully saturated rings. The molecule has 6 heteroatoms. The Labute approximate surface area is 120 Å². The van der Waals surface area contributed by atoms with Gasteiger partial charge in [0, 0.05) is 22.3 Å². The lowest BCUT2D eigenvalue weighted by atomic mass is 10.1. The molecule has 2 N–H and O–H groups in total. The molecule has 0 aliphatic heterocycles. The molecule has 110 valence electrons. The number of hydrogen-bond acceptors (Lipinski definition) is 4. The molecule has 1 heterocycles. The minimum Gasteiger partial charge on any atom is -0.312 e. The van der Waals surface area contributed by atoms with Crippen molar-refractivity contribution in [2.45, 2.75) is 52.1 Å². The average molecular weight is 304 g/mol. The van der Waals surface area contributed by atoms with Crippen LogP contribution in [0.3, 0.4) is 0 Å². The van der Waals surface area contributed by atoms with E-state index in [-0.39, 0.29) is 12.0 Å². The normalized spacial score (nSPS) is 14.0. The van der Waals surface area contributed by atoms with Crippen molar-refractivity contribution in [2.24, 2.45) is 5.92 Å². The molecule has 0 aromatic carbocycles. The van der Waals surface area contributed by atoms with Gasteiger partial charge in [0.25, 0.3) is 0 Å². The lowest BCUT2D eigenvalue weighted by Gasteiger charge is -2.17. The van der Waals surface area contributed by atoms with Crippen molar-refractivity contribution in [2.75, 3.05) is 6.54 Å². The van der Waals surface area contributed by atoms with Crippen LogP contribution in [-0.2, 0) is 16.6 Å². The van der Waals surface area contributed by atoms with Gasteiger partial charge < -0.3 is 5.32 Å². The standard InChI is InChI=1S/C13H24N2O2S2/c1-6-14-8-12-7-13(11(5)18-12)19(16,17)15-10(4)9(2)3/h7,9-10,14-15H,6,8H2,1-5H3. The van der Waals surface area contributed by atoms with Gasteiger partial charge in [-0.05, 0) is 32.4 Å². The minimum atomic E-state index is -3.41. The second kappa shape index (κ2) is 6.83. The molecular weight excluding hydrogens is 280 g/mol. The summed E-state index contributed by atoms with van der Waals surface area (Å²) in [5.41, 5.74) is 0. The van der Waals surface area contributed by atoms with Crippen molar-refractivity contribution in [3.8, 4) is 0 Å². The summed E-state index contributed by atoms with van der Waals surface area (Å²) in [6, 6.07) is 1.71. The largest absolute Gasteiger partial charge is 0.312 e. The summed E-state index contributed by atoms with van der Waals surface area (Å²) in [6.45, 7) is 11.4. The van der Waals surface area contributed by atoms with Gasteiger partial charge in [-0.2, -0.15) is 0 Å². The summed E-state index contributed by atoms with van der Waals surface area (Å²) in [5, 5.41) is 3.21. The molecule has 0 saturated carbocycles. The molecule has 1 aromatic rings. The lowest BCUT2D eigenvalue weighted by molar-refractivity contribution is 0.476. The summed E-state index contributed by atoms with van der Waals surface area (Å²) in [6.07, 6.45) is 0. The first kappa shape index (κ1) is 16.6. The maximum atomic E-state index is 12.3. The molecule has 0 spiro atoms. The third-order valence-corrected chi connectivity index (χ3v) is 5.97. The predicted octanol–water partition coefficient (Wildman–Crippen LogP) is 2.49. The second-order valence-electron chi connectivity index (χ2n) is 5.07. The fourth-order valence-electron chi connectivity index (χ4n) is 1.57. The molecule has 1 atom stereocenters. The summed E-state index contributed by atoms with van der Waals surface area (Å²) < 4.78 is 27.4. The molecule has 0 radical (unpaired) electrons. The number of hydrogen-bond donors (Lipinski definition) is 2. The Hall–Kier alpha value is -0.430. The SMILES string of the molecule is CCNCc1cc(S(=O)(=O)NC(C)C(C)C)c(C)s1. The molecule has 0 aliphatic rings. The highest BCUT2D eigenvalue weighted by Crippen LogP contribution is 2.26. The fraction of sp³-hybridized carbons (Fsp3) is 0.692. The number of rotatable bonds is 7. The van der Waals surface area contributed by atoms with Gasteiger partial charge >= 0.3 is 0 Å². The molecule has 0 aliphatic carbocycles. The Morgan fingerprint density at radius 2 is 1.95 bits per heavy atom. The molecule has 19 heavy (non-hydrogen) atoms. The zero-order valence-electron chi connectivity index (χ0n) is 12.3. The van der Waals surface area contributed by atoms with Crippen LogP contribution in [-0.4, -0.2) is 21.0 Å². The summed E-state index contributed by atoms with van der Waals surface area (Å²) in [4.78, 5) is 2.31. The summed E-state index contributed by atoms with van der Waals surface area (Å²) in [7, 11) is -3.41. The zero-order chi connectivity index (χ0) is 14.6. The minimum absolute atomic E-state index is 0.0680. The monoisotopic (exact) mass is 304 g/mol. The molecule has 1 unspecified atom stereocenters. The van der Waals surface area contributed by atoms with Gasteiger partial charge in [-0.15, -0.1) is 11.3 Å². The Bertz CT molecular complexity index is 507. The second-order valence-corrected chi connectivity index (χ2v) is 8.09. The van der Waals surface area contributed by atoms with Crippen LogP contribution < -0.4 is 10.0 Å². The van der Waals surface area contributed by atoms with Gasteiger partial charge in [-0.1, -0.05) is 20.8 Å². The number of sulfonamides is 1. The first-order chi connectivity index (χ1) is 8.77. The van der Waals surface area contributed by atoms with Crippen molar-refractivity contribution < 1.29 is 8.42 Å². The van der Waals surface area contributed by atoms with Crippen molar-refractivity contribution in [3.63, 3.8) is 0 Å². The molecule has 0 bridgehead atoms. The van der Waals surface area contributed by atoms with Gasteiger partial charge in [0.2, 0.25) is 10.0 Å². The van der Waals surface area contributed by atoms with E-state index in [4.69, 9.17) is 0 Å². The fourth-order valence-corrected chi connectivity index (χ4v) is 4.57. The third kappa shape index (κ3) is 4.56. The Balaban J connectivity index is 2.92. The average Bonchev–Trinajstić information content (AvgIpc) is 2.68. The maximum Gasteiger partial charge on any atom is 0.241 e. The van der Waals surface area contributed by atoms with Crippen molar-refractivity contribution in [3.05, 3.63) is 15.8 Å². The van der Waals surface area contributed by atoms with E-state index in [0.29, 0.717) is 4.90 Å². The van der Waals surface area contributed by atoms with E-state index < -0.39 is 10.0 Å². The highest BCUT2D eigenvalue weighted by Gasteiger charge is 2.23. The number of thiophene rings is 1. The van der Waals surface area contributed by atoms with Gasteiger partial charge in [-0.3, -0.25) is 0 Å². The smallest absolute Gasteiger partial charge is 0.241 e. The van der Waals surface area contributed by atoms with Crippen LogP contribution in [0.2, 0.25) is 0 Å². The van der Waals surface area contributed by atoms with Crippen molar-refractivity contribution >= 4 is 21.4 Å². The number of nitrogens with one attached hydrogen (secondary N) is 2. The Morgan fingerprint density at radius 3 is 2.47 bits per heavy atom. The predicted molar refractivity (Wildman–Crippen MR) is 81.1 cm³/mol. The molecule has 0 amide bonds. The molecule has 1 rings (SSSR count). The van der Waals surface area contributed by atoms with Crippen molar-refractivity contribution in [1.82, 2.24) is 10.0 Å². The first-order valence-corrected chi connectivity index (χ1v) is 8.90. The van der Waals surface area contributed by atoms with Crippen LogP contribution in [0.25, 0.3) is 0 Å². The lowest BCUT2D eigenvalue weighted by Crippen LogP contribution is -2.36. The van der Waals surface area contributed by atoms with Crippen LogP contribution in [0.1, 0.15) is 37.4 Å². The quantitative estimate of drug-likeness (QED) is 0.813. The zero-order valence-corrected chi connectivity index (χ0v) is 13.9. The highest BCUT2D eigenvalue weighted by molar-refractivity contribution is 7.89. The van der Waals surface area contributed by atoms with E-state index >= 15 is 0 Å². The molecule has 0 saturated heterocycles. The van der Waals surface area contributed by atoms with Crippen LogP contribution in [0.5, 0.6) is 0 Å². The van der Waals surface area contributed by atoms with Crippen molar-refractivity contribution in [1.29, 1.82) is 0 Å². The van der Waals surface area contributed by atoms with E-state index in [1.165, 1.54) is 11.3 Å². The summed E-state index contributed by atoms with van der Waals surface area (Å²) >= 11 is 1.53. The van der Waals surface area contributed by atoms with Crippen LogP contribution in [0.15, 0.2) is 11.0 Å². The highest BCUT2D eigenvalue weighted by atomic mass is 32.2. The first-order valence-electron chi connectivity index (χ1n) is 6.60. The molecular formula is C13H24N2O2S2. The van der Waals surface area contributed by atoms with Gasteiger partial charge in [0.15, 0.2) is 0 Å². The van der Waals surface area contributed by atoms with E-state index in [0.717, 1.165) is 22.8 Å². The molecule has 4 nitrogen and oxygen atoms in total.